The van der Waals surface area contributed by atoms with Crippen molar-refractivity contribution in [2.24, 2.45) is 0 Å². The zero-order valence-electron chi connectivity index (χ0n) is 13.4. The molecule has 0 atom stereocenters. The van der Waals surface area contributed by atoms with Crippen LogP contribution in [0, 0.1) is 0 Å². The Bertz CT molecular complexity index is 414. The molecule has 1 rings (SSSR count). The standard InChI is InChI=1S/C16H28N2O/c1-8-13-9-12(11-17-15(2,3)4)10-14(18-13)19-16(5,6)7/h9-10,17H,8,11H2,1-7H3. The summed E-state index contributed by atoms with van der Waals surface area (Å²) in [5.41, 5.74) is 2.20. The number of hydrogen-bond donors (Lipinski definition) is 1. The molecule has 0 aliphatic heterocycles. The highest BCUT2D eigenvalue weighted by atomic mass is 16.5. The Morgan fingerprint density at radius 3 is 2.21 bits per heavy atom. The van der Waals surface area contributed by atoms with E-state index >= 15 is 0 Å². The fraction of sp³-hybridized carbons (Fsp3) is 0.688. The Morgan fingerprint density at radius 2 is 1.74 bits per heavy atom. The van der Waals surface area contributed by atoms with Gasteiger partial charge < -0.3 is 10.1 Å². The molecule has 0 aliphatic carbocycles. The maximum absolute atomic E-state index is 5.88. The summed E-state index contributed by atoms with van der Waals surface area (Å²) in [5, 5.41) is 3.50. The smallest absolute Gasteiger partial charge is 0.214 e. The highest BCUT2D eigenvalue weighted by molar-refractivity contribution is 5.25. The highest BCUT2D eigenvalue weighted by Crippen LogP contribution is 2.19. The van der Waals surface area contributed by atoms with Crippen molar-refractivity contribution < 1.29 is 4.74 Å². The number of aryl methyl sites for hydroxylation is 1. The molecule has 0 saturated heterocycles. The summed E-state index contributed by atoms with van der Waals surface area (Å²) in [5.74, 6) is 0.720. The topological polar surface area (TPSA) is 34.1 Å². The Morgan fingerprint density at radius 1 is 1.11 bits per heavy atom. The monoisotopic (exact) mass is 264 g/mol. The Balaban J connectivity index is 2.89. The van der Waals surface area contributed by atoms with Crippen LogP contribution >= 0.6 is 0 Å². The van der Waals surface area contributed by atoms with Crippen LogP contribution in [0.15, 0.2) is 12.1 Å². The van der Waals surface area contributed by atoms with Crippen LogP contribution in [-0.4, -0.2) is 16.1 Å². The minimum absolute atomic E-state index is 0.112. The second kappa shape index (κ2) is 5.91. The number of nitrogens with one attached hydrogen (secondary N) is 1. The van der Waals surface area contributed by atoms with Gasteiger partial charge in [0.15, 0.2) is 0 Å². The van der Waals surface area contributed by atoms with Gasteiger partial charge in [0.25, 0.3) is 0 Å². The Hall–Kier alpha value is -1.09. The third kappa shape index (κ3) is 6.58. The summed E-state index contributed by atoms with van der Waals surface area (Å²) in [7, 11) is 0. The van der Waals surface area contributed by atoms with E-state index in [0.29, 0.717) is 0 Å². The van der Waals surface area contributed by atoms with Gasteiger partial charge in [-0.15, -0.1) is 0 Å². The number of ether oxygens (including phenoxy) is 1. The van der Waals surface area contributed by atoms with Crippen molar-refractivity contribution in [3.8, 4) is 5.88 Å². The Labute approximate surface area is 117 Å². The lowest BCUT2D eigenvalue weighted by Gasteiger charge is -2.23. The molecule has 0 bridgehead atoms. The van der Waals surface area contributed by atoms with Crippen LogP contribution in [-0.2, 0) is 13.0 Å². The molecule has 0 aromatic carbocycles. The lowest BCUT2D eigenvalue weighted by molar-refractivity contribution is 0.123. The van der Waals surface area contributed by atoms with Crippen LogP contribution in [0.4, 0.5) is 0 Å². The van der Waals surface area contributed by atoms with Crippen LogP contribution < -0.4 is 10.1 Å². The van der Waals surface area contributed by atoms with E-state index in [1.165, 1.54) is 5.56 Å². The lowest BCUT2D eigenvalue weighted by Crippen LogP contribution is -2.35. The number of aromatic nitrogens is 1. The zero-order chi connectivity index (χ0) is 14.7. The molecule has 0 spiro atoms. The average molecular weight is 264 g/mol. The van der Waals surface area contributed by atoms with Gasteiger partial charge in [0.1, 0.15) is 5.60 Å². The first kappa shape index (κ1) is 16.0. The Kier molecular flexibility index (Phi) is 4.97. The molecule has 1 aromatic heterocycles. The first-order chi connectivity index (χ1) is 8.59. The van der Waals surface area contributed by atoms with Crippen molar-refractivity contribution in [1.82, 2.24) is 10.3 Å². The first-order valence-electron chi connectivity index (χ1n) is 7.03. The summed E-state index contributed by atoms with van der Waals surface area (Å²) in [6.07, 6.45) is 0.920. The normalized spacial score (nSPS) is 12.6. The van der Waals surface area contributed by atoms with E-state index in [1.807, 2.05) is 26.8 Å². The molecule has 0 radical (unpaired) electrons. The van der Waals surface area contributed by atoms with Crippen molar-refractivity contribution >= 4 is 0 Å². The summed E-state index contributed by atoms with van der Waals surface area (Å²) in [6.45, 7) is 15.6. The van der Waals surface area contributed by atoms with Gasteiger partial charge in [0.2, 0.25) is 5.88 Å². The number of rotatable bonds is 4. The summed E-state index contributed by atoms with van der Waals surface area (Å²) >= 11 is 0. The van der Waals surface area contributed by atoms with Crippen molar-refractivity contribution in [3.05, 3.63) is 23.4 Å². The average Bonchev–Trinajstić information content (AvgIpc) is 2.22. The van der Waals surface area contributed by atoms with E-state index in [2.05, 4.69) is 44.1 Å². The van der Waals surface area contributed by atoms with E-state index in [1.54, 1.807) is 0 Å². The molecule has 1 N–H and O–H groups in total. The third-order valence-corrected chi connectivity index (χ3v) is 2.51. The third-order valence-electron chi connectivity index (χ3n) is 2.51. The minimum Gasteiger partial charge on any atom is -0.472 e. The van der Waals surface area contributed by atoms with Gasteiger partial charge in [-0.3, -0.25) is 0 Å². The predicted molar refractivity (Wildman–Crippen MR) is 80.6 cm³/mol. The fourth-order valence-electron chi connectivity index (χ4n) is 1.64. The van der Waals surface area contributed by atoms with Gasteiger partial charge in [-0.25, -0.2) is 4.98 Å². The molecule has 19 heavy (non-hydrogen) atoms. The molecule has 0 saturated carbocycles. The van der Waals surface area contributed by atoms with E-state index in [-0.39, 0.29) is 11.1 Å². The fourth-order valence-corrected chi connectivity index (χ4v) is 1.64. The number of pyridine rings is 1. The maximum atomic E-state index is 5.88. The van der Waals surface area contributed by atoms with E-state index < -0.39 is 0 Å². The molecule has 1 aromatic rings. The SMILES string of the molecule is CCc1cc(CNC(C)(C)C)cc(OC(C)(C)C)n1. The molecule has 0 amide bonds. The second-order valence-corrected chi connectivity index (χ2v) is 6.98. The van der Waals surface area contributed by atoms with Crippen molar-refractivity contribution in [2.45, 2.75) is 72.6 Å². The summed E-state index contributed by atoms with van der Waals surface area (Å²) in [4.78, 5) is 4.53. The largest absolute Gasteiger partial charge is 0.472 e. The molecule has 0 aliphatic rings. The lowest BCUT2D eigenvalue weighted by atomic mass is 10.1. The molecule has 0 unspecified atom stereocenters. The molecule has 108 valence electrons. The number of hydrogen-bond acceptors (Lipinski definition) is 3. The molecule has 3 heteroatoms. The van der Waals surface area contributed by atoms with E-state index in [0.717, 1.165) is 24.5 Å². The van der Waals surface area contributed by atoms with Crippen LogP contribution in [0.2, 0.25) is 0 Å². The number of nitrogens with zero attached hydrogens (tertiary/aromatic N) is 1. The van der Waals surface area contributed by atoms with Crippen LogP contribution in [0.3, 0.4) is 0 Å². The highest BCUT2D eigenvalue weighted by Gasteiger charge is 2.15. The van der Waals surface area contributed by atoms with Crippen molar-refractivity contribution in [2.75, 3.05) is 0 Å². The van der Waals surface area contributed by atoms with Crippen LogP contribution in [0.1, 0.15) is 59.7 Å². The summed E-state index contributed by atoms with van der Waals surface area (Å²) in [6, 6.07) is 4.18. The predicted octanol–water partition coefficient (Wildman–Crippen LogP) is 3.71. The van der Waals surface area contributed by atoms with Crippen LogP contribution in [0.25, 0.3) is 0 Å². The molecule has 0 fully saturated rings. The van der Waals surface area contributed by atoms with E-state index in [4.69, 9.17) is 4.74 Å². The van der Waals surface area contributed by atoms with E-state index in [9.17, 15) is 0 Å². The molecule has 3 nitrogen and oxygen atoms in total. The van der Waals surface area contributed by atoms with Gasteiger partial charge in [0.05, 0.1) is 0 Å². The quantitative estimate of drug-likeness (QED) is 0.900. The maximum Gasteiger partial charge on any atom is 0.214 e. The minimum atomic E-state index is -0.214. The summed E-state index contributed by atoms with van der Waals surface area (Å²) < 4.78 is 5.88. The van der Waals surface area contributed by atoms with Gasteiger partial charge in [0, 0.05) is 23.8 Å². The van der Waals surface area contributed by atoms with Crippen LogP contribution in [0.5, 0.6) is 5.88 Å². The van der Waals surface area contributed by atoms with Crippen molar-refractivity contribution in [1.29, 1.82) is 0 Å². The molecular weight excluding hydrogens is 236 g/mol. The van der Waals surface area contributed by atoms with Gasteiger partial charge in [-0.05, 0) is 59.6 Å². The van der Waals surface area contributed by atoms with Gasteiger partial charge in [-0.2, -0.15) is 0 Å². The van der Waals surface area contributed by atoms with Gasteiger partial charge in [-0.1, -0.05) is 6.92 Å². The second-order valence-electron chi connectivity index (χ2n) is 6.98. The molecular formula is C16H28N2O. The van der Waals surface area contributed by atoms with Crippen molar-refractivity contribution in [3.63, 3.8) is 0 Å². The zero-order valence-corrected chi connectivity index (χ0v) is 13.4. The first-order valence-corrected chi connectivity index (χ1v) is 7.03. The van der Waals surface area contributed by atoms with Gasteiger partial charge >= 0.3 is 0 Å². The molecule has 1 heterocycles.